The summed E-state index contributed by atoms with van der Waals surface area (Å²) < 4.78 is 2.00. The van der Waals surface area contributed by atoms with Crippen molar-refractivity contribution in [1.29, 1.82) is 0 Å². The van der Waals surface area contributed by atoms with Crippen LogP contribution in [0, 0.1) is 0 Å². The largest absolute Gasteiger partial charge is 0.309 e. The van der Waals surface area contributed by atoms with Crippen LogP contribution in [0.5, 0.6) is 0 Å². The zero-order valence-corrected chi connectivity index (χ0v) is 20.0. The summed E-state index contributed by atoms with van der Waals surface area (Å²) >= 11 is 17.3. The Labute approximate surface area is 193 Å². The second-order valence-corrected chi connectivity index (χ2v) is 9.11. The van der Waals surface area contributed by atoms with Crippen molar-refractivity contribution in [3.8, 4) is 0 Å². The molecule has 0 N–H and O–H groups in total. The van der Waals surface area contributed by atoms with E-state index >= 15 is 0 Å². The van der Waals surface area contributed by atoms with Crippen LogP contribution in [0.3, 0.4) is 0 Å². The minimum atomic E-state index is -0.195. The normalized spacial score (nSPS) is 10.9. The molecule has 1 amide bonds. The third kappa shape index (κ3) is 5.59. The lowest BCUT2D eigenvalue weighted by molar-refractivity contribution is 0.0986. The van der Waals surface area contributed by atoms with Gasteiger partial charge in [-0.25, -0.2) is 4.98 Å². The number of thiazole rings is 1. The van der Waals surface area contributed by atoms with Gasteiger partial charge in [0, 0.05) is 16.0 Å². The molecule has 0 aliphatic rings. The molecule has 28 heavy (non-hydrogen) atoms. The first-order valence-electron chi connectivity index (χ1n) is 8.33. The first-order chi connectivity index (χ1) is 12.8. The van der Waals surface area contributed by atoms with E-state index in [-0.39, 0.29) is 18.3 Å². The number of hydrogen-bond donors (Lipinski definition) is 0. The summed E-state index contributed by atoms with van der Waals surface area (Å²) in [5.74, 6) is -0.195. The summed E-state index contributed by atoms with van der Waals surface area (Å²) in [5.41, 5.74) is 1.25. The summed E-state index contributed by atoms with van der Waals surface area (Å²) in [7, 11) is 4.02. The SMILES string of the molecule is CN(C)CCCN(C(=O)c1cc(Cl)ccc1Cl)c1nc2ccc(Br)cc2s1.Cl. The van der Waals surface area contributed by atoms with Gasteiger partial charge in [-0.1, -0.05) is 50.5 Å². The fourth-order valence-electron chi connectivity index (χ4n) is 2.64. The zero-order valence-electron chi connectivity index (χ0n) is 15.3. The van der Waals surface area contributed by atoms with Crippen molar-refractivity contribution < 1.29 is 4.79 Å². The summed E-state index contributed by atoms with van der Waals surface area (Å²) in [6.45, 7) is 1.41. The highest BCUT2D eigenvalue weighted by molar-refractivity contribution is 9.10. The maximum absolute atomic E-state index is 13.3. The van der Waals surface area contributed by atoms with Gasteiger partial charge in [-0.15, -0.1) is 12.4 Å². The number of fused-ring (bicyclic) bond motifs is 1. The molecule has 1 aromatic heterocycles. The molecule has 0 bridgehead atoms. The molecule has 0 atom stereocenters. The molecular formula is C19H19BrCl3N3OS. The van der Waals surface area contributed by atoms with Crippen molar-refractivity contribution in [2.75, 3.05) is 32.1 Å². The minimum Gasteiger partial charge on any atom is -0.309 e. The highest BCUT2D eigenvalue weighted by atomic mass is 79.9. The Morgan fingerprint density at radius 1 is 1.14 bits per heavy atom. The minimum absolute atomic E-state index is 0. The van der Waals surface area contributed by atoms with E-state index in [1.807, 2.05) is 32.3 Å². The first kappa shape index (κ1) is 23.4. The maximum Gasteiger partial charge on any atom is 0.261 e. The van der Waals surface area contributed by atoms with E-state index in [0.717, 1.165) is 27.7 Å². The number of amides is 1. The van der Waals surface area contributed by atoms with Gasteiger partial charge in [0.1, 0.15) is 0 Å². The predicted octanol–water partition coefficient (Wildman–Crippen LogP) is 6.39. The molecule has 3 aromatic rings. The van der Waals surface area contributed by atoms with Crippen LogP contribution in [0.1, 0.15) is 16.8 Å². The summed E-state index contributed by atoms with van der Waals surface area (Å²) in [5, 5.41) is 1.51. The molecule has 150 valence electrons. The molecule has 1 heterocycles. The van der Waals surface area contributed by atoms with E-state index in [0.29, 0.717) is 27.3 Å². The quantitative estimate of drug-likeness (QED) is 0.376. The Kier molecular flexibility index (Phi) is 8.55. The number of rotatable bonds is 6. The van der Waals surface area contributed by atoms with Gasteiger partial charge in [0.25, 0.3) is 5.91 Å². The highest BCUT2D eigenvalue weighted by Crippen LogP contribution is 2.33. The van der Waals surface area contributed by atoms with Crippen molar-refractivity contribution >= 4 is 84.1 Å². The maximum atomic E-state index is 13.3. The lowest BCUT2D eigenvalue weighted by Gasteiger charge is -2.21. The Morgan fingerprint density at radius 2 is 1.89 bits per heavy atom. The van der Waals surface area contributed by atoms with Crippen LogP contribution in [0.25, 0.3) is 10.2 Å². The molecule has 0 unspecified atom stereocenters. The third-order valence-electron chi connectivity index (χ3n) is 3.96. The first-order valence-corrected chi connectivity index (χ1v) is 10.7. The van der Waals surface area contributed by atoms with Crippen LogP contribution in [0.15, 0.2) is 40.9 Å². The van der Waals surface area contributed by atoms with Gasteiger partial charge >= 0.3 is 0 Å². The van der Waals surface area contributed by atoms with Crippen LogP contribution >= 0.6 is 62.9 Å². The molecule has 0 aliphatic carbocycles. The number of nitrogens with zero attached hydrogens (tertiary/aromatic N) is 3. The van der Waals surface area contributed by atoms with E-state index in [4.69, 9.17) is 23.2 Å². The third-order valence-corrected chi connectivity index (χ3v) is 6.06. The molecular weight excluding hydrogens is 505 g/mol. The summed E-state index contributed by atoms with van der Waals surface area (Å²) in [6.07, 6.45) is 0.816. The lowest BCUT2D eigenvalue weighted by atomic mass is 10.2. The number of carbonyl (C=O) groups excluding carboxylic acids is 1. The van der Waals surface area contributed by atoms with Crippen LogP contribution in [-0.4, -0.2) is 43.0 Å². The van der Waals surface area contributed by atoms with Crippen molar-refractivity contribution in [3.63, 3.8) is 0 Å². The van der Waals surface area contributed by atoms with Gasteiger partial charge in [-0.3, -0.25) is 9.69 Å². The van der Waals surface area contributed by atoms with E-state index in [1.165, 1.54) is 11.3 Å². The Balaban J connectivity index is 0.00000280. The van der Waals surface area contributed by atoms with Gasteiger partial charge < -0.3 is 4.90 Å². The lowest BCUT2D eigenvalue weighted by Crippen LogP contribution is -2.33. The van der Waals surface area contributed by atoms with Gasteiger partial charge in [0.05, 0.1) is 20.8 Å². The zero-order chi connectivity index (χ0) is 19.6. The number of hydrogen-bond acceptors (Lipinski definition) is 4. The van der Waals surface area contributed by atoms with Crippen LogP contribution in [0.2, 0.25) is 10.0 Å². The molecule has 0 saturated heterocycles. The fraction of sp³-hybridized carbons (Fsp3) is 0.263. The van der Waals surface area contributed by atoms with Crippen LogP contribution in [-0.2, 0) is 0 Å². The smallest absolute Gasteiger partial charge is 0.261 e. The van der Waals surface area contributed by atoms with Gasteiger partial charge in [-0.2, -0.15) is 0 Å². The molecule has 4 nitrogen and oxygen atoms in total. The highest BCUT2D eigenvalue weighted by Gasteiger charge is 2.23. The number of aromatic nitrogens is 1. The number of carbonyl (C=O) groups is 1. The average molecular weight is 524 g/mol. The topological polar surface area (TPSA) is 36.4 Å². The second-order valence-electron chi connectivity index (χ2n) is 6.35. The average Bonchev–Trinajstić information content (AvgIpc) is 3.02. The molecule has 0 radical (unpaired) electrons. The molecule has 3 rings (SSSR count). The summed E-state index contributed by atoms with van der Waals surface area (Å²) in [6, 6.07) is 10.8. The van der Waals surface area contributed by atoms with Crippen LogP contribution in [0.4, 0.5) is 5.13 Å². The number of anilines is 1. The molecule has 2 aromatic carbocycles. The van der Waals surface area contributed by atoms with Crippen molar-refractivity contribution in [2.45, 2.75) is 6.42 Å². The van der Waals surface area contributed by atoms with Gasteiger partial charge in [-0.05, 0) is 63.5 Å². The standard InChI is InChI=1S/C19H18BrCl2N3OS.ClH/c1-24(2)8-3-9-25(18(26)14-11-13(21)5-6-15(14)22)19-23-16-7-4-12(20)10-17(16)27-19;/h4-7,10-11H,3,8-9H2,1-2H3;1H. The molecule has 0 aliphatic heterocycles. The van der Waals surface area contributed by atoms with Crippen molar-refractivity contribution in [1.82, 2.24) is 9.88 Å². The van der Waals surface area contributed by atoms with E-state index in [9.17, 15) is 4.79 Å². The molecule has 0 fully saturated rings. The van der Waals surface area contributed by atoms with E-state index in [1.54, 1.807) is 23.1 Å². The van der Waals surface area contributed by atoms with Crippen molar-refractivity contribution in [2.24, 2.45) is 0 Å². The monoisotopic (exact) mass is 521 g/mol. The van der Waals surface area contributed by atoms with E-state index in [2.05, 4.69) is 25.8 Å². The second kappa shape index (κ2) is 10.2. The fourth-order valence-corrected chi connectivity index (χ4v) is 4.55. The molecule has 0 spiro atoms. The van der Waals surface area contributed by atoms with Crippen molar-refractivity contribution in [3.05, 3.63) is 56.5 Å². The van der Waals surface area contributed by atoms with E-state index < -0.39 is 0 Å². The van der Waals surface area contributed by atoms with Gasteiger partial charge in [0.15, 0.2) is 5.13 Å². The van der Waals surface area contributed by atoms with Gasteiger partial charge in [0.2, 0.25) is 0 Å². The number of benzene rings is 2. The predicted molar refractivity (Wildman–Crippen MR) is 126 cm³/mol. The number of halogens is 4. The molecule has 0 saturated carbocycles. The van der Waals surface area contributed by atoms with Crippen LogP contribution < -0.4 is 4.90 Å². The Hall–Kier alpha value is -0.890. The Bertz CT molecular complexity index is 980. The molecule has 9 heteroatoms. The summed E-state index contributed by atoms with van der Waals surface area (Å²) in [4.78, 5) is 21.7. The Morgan fingerprint density at radius 3 is 2.61 bits per heavy atom.